The normalized spacial score (nSPS) is 15.8. The van der Waals surface area contributed by atoms with Crippen LogP contribution in [0.5, 0.6) is 0 Å². The van der Waals surface area contributed by atoms with Gasteiger partial charge in [0.05, 0.1) is 37.7 Å². The highest BCUT2D eigenvalue weighted by Crippen LogP contribution is 2.16. The average molecular weight is 363 g/mol. The number of amides is 2. The summed E-state index contributed by atoms with van der Waals surface area (Å²) in [7, 11) is 0. The molecular weight excluding hydrogens is 338 g/mol. The minimum Gasteiger partial charge on any atom is -0.451 e. The number of urea groups is 1. The predicted molar refractivity (Wildman–Crippen MR) is 92.1 cm³/mol. The first-order valence-electron chi connectivity index (χ1n) is 8.64. The molecule has 9 heteroatoms. The average Bonchev–Trinajstić information content (AvgIpc) is 3.34. The van der Waals surface area contributed by atoms with Crippen LogP contribution in [0, 0.1) is 0 Å². The second kappa shape index (κ2) is 8.33. The molecule has 0 aromatic carbocycles. The van der Waals surface area contributed by atoms with Crippen molar-refractivity contribution < 1.29 is 18.4 Å². The van der Waals surface area contributed by atoms with Crippen molar-refractivity contribution in [3.63, 3.8) is 0 Å². The first-order valence-corrected chi connectivity index (χ1v) is 8.64. The Balaban J connectivity index is 1.60. The number of ether oxygens (including phenoxy) is 1. The molecule has 3 heterocycles. The van der Waals surface area contributed by atoms with Crippen LogP contribution in [0.3, 0.4) is 0 Å². The molecule has 1 aliphatic rings. The Morgan fingerprint density at radius 3 is 2.23 bits per heavy atom. The molecule has 0 aliphatic carbocycles. The third-order valence-corrected chi connectivity index (χ3v) is 4.50. The summed E-state index contributed by atoms with van der Waals surface area (Å²) in [4.78, 5) is 24.9. The summed E-state index contributed by atoms with van der Waals surface area (Å²) in [6.45, 7) is 8.61. The van der Waals surface area contributed by atoms with Crippen molar-refractivity contribution in [1.82, 2.24) is 25.1 Å². The lowest BCUT2D eigenvalue weighted by molar-refractivity contribution is -0.00909. The molecular formula is C17H25N5O4. The molecule has 0 saturated carbocycles. The maximum Gasteiger partial charge on any atom is 0.318 e. The Morgan fingerprint density at radius 2 is 1.73 bits per heavy atom. The third kappa shape index (κ3) is 4.83. The molecule has 2 amide bonds. The highest BCUT2D eigenvalue weighted by Gasteiger charge is 2.29. The number of carbonyl (C=O) groups is 1. The highest BCUT2D eigenvalue weighted by molar-refractivity contribution is 5.74. The number of morpholine rings is 1. The van der Waals surface area contributed by atoms with Crippen molar-refractivity contribution >= 4 is 6.03 Å². The van der Waals surface area contributed by atoms with E-state index in [0.29, 0.717) is 31.0 Å². The van der Waals surface area contributed by atoms with Gasteiger partial charge in [0.25, 0.3) is 0 Å². The molecule has 0 spiro atoms. The van der Waals surface area contributed by atoms with Crippen LogP contribution in [0.1, 0.15) is 25.2 Å². The summed E-state index contributed by atoms with van der Waals surface area (Å²) < 4.78 is 15.4. The molecule has 1 aliphatic heterocycles. The fourth-order valence-electron chi connectivity index (χ4n) is 2.91. The Kier molecular flexibility index (Phi) is 5.89. The van der Waals surface area contributed by atoms with Gasteiger partial charge in [0.2, 0.25) is 0 Å². The van der Waals surface area contributed by atoms with Gasteiger partial charge in [-0.2, -0.15) is 0 Å². The summed E-state index contributed by atoms with van der Waals surface area (Å²) in [5.41, 5.74) is 1.19. The molecule has 0 bridgehead atoms. The number of aromatic nitrogens is 2. The molecule has 142 valence electrons. The Labute approximate surface area is 152 Å². The second-order valence-electron chi connectivity index (χ2n) is 6.89. The van der Waals surface area contributed by atoms with Crippen molar-refractivity contribution in [2.45, 2.75) is 32.5 Å². The first kappa shape index (κ1) is 18.4. The minimum atomic E-state index is -0.183. The van der Waals surface area contributed by atoms with Gasteiger partial charge in [-0.05, 0) is 13.8 Å². The van der Waals surface area contributed by atoms with Crippen molar-refractivity contribution in [2.75, 3.05) is 32.8 Å². The van der Waals surface area contributed by atoms with E-state index in [1.165, 1.54) is 25.3 Å². The van der Waals surface area contributed by atoms with Crippen molar-refractivity contribution in [3.05, 3.63) is 36.7 Å². The van der Waals surface area contributed by atoms with E-state index >= 15 is 0 Å². The maximum absolute atomic E-state index is 12.8. The lowest BCUT2D eigenvalue weighted by Gasteiger charge is -2.41. The zero-order valence-corrected chi connectivity index (χ0v) is 15.2. The van der Waals surface area contributed by atoms with E-state index in [4.69, 9.17) is 13.6 Å². The van der Waals surface area contributed by atoms with E-state index in [9.17, 15) is 4.79 Å². The molecule has 3 rings (SSSR count). The standard InChI is InChI=1S/C17H25N5O4/c1-17(2,22-3-5-24-6-4-22)11-18-16(23)21(7-14-9-25-12-19-14)8-15-10-26-13-20-15/h9-10,12-13H,3-8,11H2,1-2H3,(H,18,23). The molecule has 1 fully saturated rings. The van der Waals surface area contributed by atoms with Gasteiger partial charge in [0.1, 0.15) is 12.5 Å². The van der Waals surface area contributed by atoms with Crippen LogP contribution in [0.4, 0.5) is 4.79 Å². The van der Waals surface area contributed by atoms with E-state index < -0.39 is 0 Å². The van der Waals surface area contributed by atoms with Crippen LogP contribution in [-0.2, 0) is 17.8 Å². The molecule has 26 heavy (non-hydrogen) atoms. The van der Waals surface area contributed by atoms with Crippen molar-refractivity contribution in [3.8, 4) is 0 Å². The second-order valence-corrected chi connectivity index (χ2v) is 6.89. The molecule has 1 N–H and O–H groups in total. The summed E-state index contributed by atoms with van der Waals surface area (Å²) in [5, 5.41) is 3.03. The molecule has 0 unspecified atom stereocenters. The topological polar surface area (TPSA) is 96.9 Å². The van der Waals surface area contributed by atoms with Crippen LogP contribution in [-0.4, -0.2) is 64.2 Å². The smallest absolute Gasteiger partial charge is 0.318 e. The van der Waals surface area contributed by atoms with Gasteiger partial charge in [0, 0.05) is 25.2 Å². The van der Waals surface area contributed by atoms with Gasteiger partial charge in [-0.1, -0.05) is 0 Å². The molecule has 0 radical (unpaired) electrons. The van der Waals surface area contributed by atoms with E-state index in [2.05, 4.69) is 34.0 Å². The largest absolute Gasteiger partial charge is 0.451 e. The third-order valence-electron chi connectivity index (χ3n) is 4.50. The van der Waals surface area contributed by atoms with Gasteiger partial charge in [-0.25, -0.2) is 14.8 Å². The van der Waals surface area contributed by atoms with E-state index in [1.54, 1.807) is 4.90 Å². The first-order chi connectivity index (χ1) is 12.5. The van der Waals surface area contributed by atoms with Crippen molar-refractivity contribution in [1.29, 1.82) is 0 Å². The van der Waals surface area contributed by atoms with E-state index in [0.717, 1.165) is 26.3 Å². The number of hydrogen-bond donors (Lipinski definition) is 1. The summed E-state index contributed by atoms with van der Waals surface area (Å²) in [5.74, 6) is 0. The maximum atomic E-state index is 12.8. The van der Waals surface area contributed by atoms with Crippen LogP contribution >= 0.6 is 0 Å². The number of oxazole rings is 2. The van der Waals surface area contributed by atoms with E-state index in [1.807, 2.05) is 0 Å². The zero-order chi connectivity index (χ0) is 18.4. The number of nitrogens with zero attached hydrogens (tertiary/aromatic N) is 4. The summed E-state index contributed by atoms with van der Waals surface area (Å²) in [6.07, 6.45) is 5.76. The number of rotatable bonds is 7. The predicted octanol–water partition coefficient (Wildman–Crippen LogP) is 1.49. The Hall–Kier alpha value is -2.39. The summed E-state index contributed by atoms with van der Waals surface area (Å²) in [6, 6.07) is -0.183. The monoisotopic (exact) mass is 363 g/mol. The Bertz CT molecular complexity index is 629. The fourth-order valence-corrected chi connectivity index (χ4v) is 2.91. The van der Waals surface area contributed by atoms with Gasteiger partial charge in [-0.3, -0.25) is 4.90 Å². The van der Waals surface area contributed by atoms with Crippen molar-refractivity contribution in [2.24, 2.45) is 0 Å². The van der Waals surface area contributed by atoms with Crippen LogP contribution in [0.25, 0.3) is 0 Å². The quantitative estimate of drug-likeness (QED) is 0.796. The molecule has 9 nitrogen and oxygen atoms in total. The van der Waals surface area contributed by atoms with Gasteiger partial charge < -0.3 is 23.8 Å². The van der Waals surface area contributed by atoms with Crippen LogP contribution in [0.15, 0.2) is 34.1 Å². The van der Waals surface area contributed by atoms with Crippen LogP contribution in [0.2, 0.25) is 0 Å². The SMILES string of the molecule is CC(C)(CNC(=O)N(Cc1cocn1)Cc1cocn1)N1CCOCC1. The molecule has 2 aromatic rings. The zero-order valence-electron chi connectivity index (χ0n) is 15.2. The fraction of sp³-hybridized carbons (Fsp3) is 0.588. The Morgan fingerprint density at radius 1 is 1.15 bits per heavy atom. The molecule has 2 aromatic heterocycles. The lowest BCUT2D eigenvalue weighted by Crippen LogP contribution is -2.56. The lowest BCUT2D eigenvalue weighted by atomic mass is 10.0. The van der Waals surface area contributed by atoms with Crippen LogP contribution < -0.4 is 5.32 Å². The van der Waals surface area contributed by atoms with Gasteiger partial charge in [0.15, 0.2) is 12.8 Å². The number of nitrogens with one attached hydrogen (secondary N) is 1. The summed E-state index contributed by atoms with van der Waals surface area (Å²) >= 11 is 0. The van der Waals surface area contributed by atoms with Gasteiger partial charge >= 0.3 is 6.03 Å². The van der Waals surface area contributed by atoms with Gasteiger partial charge in [-0.15, -0.1) is 0 Å². The molecule has 1 saturated heterocycles. The van der Waals surface area contributed by atoms with E-state index in [-0.39, 0.29) is 11.6 Å². The highest BCUT2D eigenvalue weighted by atomic mass is 16.5. The number of hydrogen-bond acceptors (Lipinski definition) is 7. The molecule has 0 atom stereocenters. The number of carbonyl (C=O) groups excluding carboxylic acids is 1. The minimum absolute atomic E-state index is 0.160.